The number of likely N-dealkylation sites (N-methyl/N-ethyl adjacent to an activating group) is 2. The Kier molecular flexibility index (Phi) is 7.20. The van der Waals surface area contributed by atoms with Crippen molar-refractivity contribution in [3.8, 4) is 0 Å². The summed E-state index contributed by atoms with van der Waals surface area (Å²) in [5, 5.41) is 0.785. The number of ether oxygens (including phenoxy) is 2. The van der Waals surface area contributed by atoms with E-state index in [1.54, 1.807) is 0 Å². The van der Waals surface area contributed by atoms with Gasteiger partial charge in [-0.25, -0.2) is 9.98 Å². The molecule has 0 aliphatic carbocycles. The number of aryl methyl sites for hydroxylation is 1. The molecule has 170 valence electrons. The average molecular weight is 455 g/mol. The maximum absolute atomic E-state index is 6.15. The number of para-hydroxylation sites is 1. The van der Waals surface area contributed by atoms with Crippen LogP contribution in [0.15, 0.2) is 58.5 Å². The summed E-state index contributed by atoms with van der Waals surface area (Å²) in [6, 6.07) is 16.7. The predicted octanol–water partition coefficient (Wildman–Crippen LogP) is 4.60. The lowest BCUT2D eigenvalue weighted by Crippen LogP contribution is -2.32. The molecule has 7 heteroatoms. The van der Waals surface area contributed by atoms with Crippen molar-refractivity contribution in [3.05, 3.63) is 59.1 Å². The van der Waals surface area contributed by atoms with Crippen molar-refractivity contribution in [3.63, 3.8) is 0 Å². The van der Waals surface area contributed by atoms with Gasteiger partial charge in [0, 0.05) is 43.1 Å². The Labute approximate surface area is 195 Å². The van der Waals surface area contributed by atoms with Crippen LogP contribution in [0.25, 0.3) is 0 Å². The largest absolute Gasteiger partial charge is 0.478 e. The molecule has 0 aromatic heterocycles. The van der Waals surface area contributed by atoms with Gasteiger partial charge in [-0.2, -0.15) is 0 Å². The molecule has 2 aliphatic rings. The SMILES string of the molecule is CCN(CC1COC(CC2=NC(CN(C)c3ccc(Cl)c(C)c3)CO2)=N1)c1ccccc1. The van der Waals surface area contributed by atoms with Crippen LogP contribution in [-0.2, 0) is 9.47 Å². The summed E-state index contributed by atoms with van der Waals surface area (Å²) >= 11 is 6.15. The lowest BCUT2D eigenvalue weighted by Gasteiger charge is -2.24. The molecule has 6 nitrogen and oxygen atoms in total. The Morgan fingerprint density at radius 2 is 1.59 bits per heavy atom. The Bertz CT molecular complexity index is 979. The highest BCUT2D eigenvalue weighted by Crippen LogP contribution is 2.23. The molecule has 0 N–H and O–H groups in total. The Hall–Kier alpha value is -2.73. The van der Waals surface area contributed by atoms with E-state index in [1.165, 1.54) is 5.69 Å². The third kappa shape index (κ3) is 5.54. The molecule has 32 heavy (non-hydrogen) atoms. The molecule has 4 rings (SSSR count). The van der Waals surface area contributed by atoms with Crippen LogP contribution >= 0.6 is 11.6 Å². The lowest BCUT2D eigenvalue weighted by atomic mass is 10.2. The van der Waals surface area contributed by atoms with Gasteiger partial charge in [-0.05, 0) is 49.7 Å². The number of anilines is 2. The first-order valence-corrected chi connectivity index (χ1v) is 11.6. The van der Waals surface area contributed by atoms with Crippen LogP contribution in [0.2, 0.25) is 5.02 Å². The number of hydrogen-bond donors (Lipinski definition) is 0. The Morgan fingerprint density at radius 3 is 2.22 bits per heavy atom. The smallest absolute Gasteiger partial charge is 0.193 e. The van der Waals surface area contributed by atoms with Gasteiger partial charge < -0.3 is 19.3 Å². The van der Waals surface area contributed by atoms with Crippen LogP contribution in [0.3, 0.4) is 0 Å². The zero-order valence-electron chi connectivity index (χ0n) is 19.0. The van der Waals surface area contributed by atoms with E-state index < -0.39 is 0 Å². The predicted molar refractivity (Wildman–Crippen MR) is 133 cm³/mol. The van der Waals surface area contributed by atoms with Gasteiger partial charge in [-0.1, -0.05) is 29.8 Å². The molecule has 2 aliphatic heterocycles. The zero-order chi connectivity index (χ0) is 22.5. The first-order chi connectivity index (χ1) is 15.5. The van der Waals surface area contributed by atoms with Crippen molar-refractivity contribution in [1.29, 1.82) is 0 Å². The third-order valence-corrected chi connectivity index (χ3v) is 6.27. The second-order valence-corrected chi connectivity index (χ2v) is 8.75. The fourth-order valence-corrected chi connectivity index (χ4v) is 4.17. The molecule has 0 amide bonds. The topological polar surface area (TPSA) is 49.7 Å². The third-order valence-electron chi connectivity index (χ3n) is 5.84. The summed E-state index contributed by atoms with van der Waals surface area (Å²) in [7, 11) is 2.07. The van der Waals surface area contributed by atoms with Gasteiger partial charge in [0.25, 0.3) is 0 Å². The fraction of sp³-hybridized carbons (Fsp3) is 0.440. The van der Waals surface area contributed by atoms with E-state index >= 15 is 0 Å². The Balaban J connectivity index is 1.30. The van der Waals surface area contributed by atoms with Gasteiger partial charge in [0.2, 0.25) is 0 Å². The Morgan fingerprint density at radius 1 is 0.938 bits per heavy atom. The van der Waals surface area contributed by atoms with Gasteiger partial charge >= 0.3 is 0 Å². The fourth-order valence-electron chi connectivity index (χ4n) is 4.05. The minimum absolute atomic E-state index is 0.0949. The average Bonchev–Trinajstić information content (AvgIpc) is 3.43. The van der Waals surface area contributed by atoms with Crippen LogP contribution in [0, 0.1) is 6.92 Å². The van der Waals surface area contributed by atoms with Crippen molar-refractivity contribution < 1.29 is 9.47 Å². The van der Waals surface area contributed by atoms with Crippen LogP contribution in [0.1, 0.15) is 18.9 Å². The van der Waals surface area contributed by atoms with E-state index in [2.05, 4.69) is 54.1 Å². The van der Waals surface area contributed by atoms with Gasteiger partial charge in [0.05, 0.1) is 6.42 Å². The van der Waals surface area contributed by atoms with Crippen molar-refractivity contribution in [2.45, 2.75) is 32.4 Å². The molecule has 2 aromatic rings. The molecule has 2 atom stereocenters. The molecule has 0 radical (unpaired) electrons. The molecule has 2 aromatic carbocycles. The lowest BCUT2D eigenvalue weighted by molar-refractivity contribution is 0.299. The number of nitrogens with zero attached hydrogens (tertiary/aromatic N) is 4. The van der Waals surface area contributed by atoms with Crippen LogP contribution in [-0.4, -0.2) is 63.8 Å². The highest BCUT2D eigenvalue weighted by Gasteiger charge is 2.26. The molecule has 2 unspecified atom stereocenters. The molecule has 0 bridgehead atoms. The number of aliphatic imine (C=N–C) groups is 2. The zero-order valence-corrected chi connectivity index (χ0v) is 19.8. The number of hydrogen-bond acceptors (Lipinski definition) is 6. The maximum Gasteiger partial charge on any atom is 0.193 e. The summed E-state index contributed by atoms with van der Waals surface area (Å²) < 4.78 is 11.7. The quantitative estimate of drug-likeness (QED) is 0.555. The normalized spacial score (nSPS) is 19.8. The van der Waals surface area contributed by atoms with Gasteiger partial charge in [0.1, 0.15) is 25.3 Å². The molecular formula is C25H31ClN4O2. The monoisotopic (exact) mass is 454 g/mol. The molecular weight excluding hydrogens is 424 g/mol. The van der Waals surface area contributed by atoms with Crippen LogP contribution in [0.5, 0.6) is 0 Å². The van der Waals surface area contributed by atoms with E-state index in [4.69, 9.17) is 31.1 Å². The second kappa shape index (κ2) is 10.3. The summed E-state index contributed by atoms with van der Waals surface area (Å²) in [6.07, 6.45) is 0.522. The minimum atomic E-state index is 0.0949. The van der Waals surface area contributed by atoms with E-state index in [9.17, 15) is 0 Å². The van der Waals surface area contributed by atoms with E-state index in [0.29, 0.717) is 25.5 Å². The molecule has 0 saturated heterocycles. The standard InChI is InChI=1S/C25H31ClN4O2/c1-4-30(21-8-6-5-7-9-21)15-20-17-32-25(28-20)13-24-27-19(16-31-24)14-29(3)22-10-11-23(26)18(2)12-22/h5-12,19-20H,4,13-17H2,1-3H3. The van der Waals surface area contributed by atoms with E-state index in [0.717, 1.165) is 41.8 Å². The first kappa shape index (κ1) is 22.5. The number of benzene rings is 2. The van der Waals surface area contributed by atoms with Crippen molar-refractivity contribution in [2.24, 2.45) is 9.98 Å². The minimum Gasteiger partial charge on any atom is -0.478 e. The van der Waals surface area contributed by atoms with Crippen molar-refractivity contribution >= 4 is 34.8 Å². The van der Waals surface area contributed by atoms with E-state index in [1.807, 2.05) is 25.1 Å². The highest BCUT2D eigenvalue weighted by atomic mass is 35.5. The van der Waals surface area contributed by atoms with E-state index in [-0.39, 0.29) is 12.1 Å². The summed E-state index contributed by atoms with van der Waals surface area (Å²) in [4.78, 5) is 14.1. The maximum atomic E-state index is 6.15. The molecule has 2 heterocycles. The summed E-state index contributed by atoms with van der Waals surface area (Å²) in [6.45, 7) is 7.92. The molecule has 0 fully saturated rings. The molecule has 0 spiro atoms. The highest BCUT2D eigenvalue weighted by molar-refractivity contribution is 6.31. The summed E-state index contributed by atoms with van der Waals surface area (Å²) in [5.41, 5.74) is 3.41. The first-order valence-electron chi connectivity index (χ1n) is 11.2. The van der Waals surface area contributed by atoms with Crippen molar-refractivity contribution in [2.75, 3.05) is 49.7 Å². The summed E-state index contributed by atoms with van der Waals surface area (Å²) in [5.74, 6) is 1.44. The number of rotatable bonds is 9. The van der Waals surface area contributed by atoms with Gasteiger partial charge in [-0.3, -0.25) is 0 Å². The van der Waals surface area contributed by atoms with Gasteiger partial charge in [-0.15, -0.1) is 0 Å². The van der Waals surface area contributed by atoms with Gasteiger partial charge in [0.15, 0.2) is 11.8 Å². The van der Waals surface area contributed by atoms with Crippen molar-refractivity contribution in [1.82, 2.24) is 0 Å². The second-order valence-electron chi connectivity index (χ2n) is 8.34. The van der Waals surface area contributed by atoms with Crippen LogP contribution in [0.4, 0.5) is 11.4 Å². The molecule has 0 saturated carbocycles. The van der Waals surface area contributed by atoms with Crippen LogP contribution < -0.4 is 9.80 Å². The number of halogens is 1.